The number of amides is 2. The van der Waals surface area contributed by atoms with E-state index < -0.39 is 11.0 Å². The van der Waals surface area contributed by atoms with Gasteiger partial charge in [-0.2, -0.15) is 0 Å². The molecular formula is C14H12ClN3O3. The van der Waals surface area contributed by atoms with Crippen LogP contribution in [0, 0.1) is 17.0 Å². The number of para-hydroxylation sites is 1. The van der Waals surface area contributed by atoms with Gasteiger partial charge in [0.05, 0.1) is 4.92 Å². The third-order valence-electron chi connectivity index (χ3n) is 2.77. The maximum Gasteiger partial charge on any atom is 0.323 e. The van der Waals surface area contributed by atoms with Crippen LogP contribution < -0.4 is 10.6 Å². The van der Waals surface area contributed by atoms with E-state index in [-0.39, 0.29) is 11.4 Å². The summed E-state index contributed by atoms with van der Waals surface area (Å²) in [7, 11) is 0. The van der Waals surface area contributed by atoms with Crippen molar-refractivity contribution in [2.75, 3.05) is 10.6 Å². The third-order valence-corrected chi connectivity index (χ3v) is 3.00. The van der Waals surface area contributed by atoms with E-state index in [1.54, 1.807) is 43.3 Å². The molecule has 108 valence electrons. The fourth-order valence-corrected chi connectivity index (χ4v) is 2.00. The van der Waals surface area contributed by atoms with Gasteiger partial charge in [0.1, 0.15) is 5.69 Å². The van der Waals surface area contributed by atoms with E-state index in [4.69, 9.17) is 11.6 Å². The fourth-order valence-electron chi connectivity index (χ4n) is 1.81. The van der Waals surface area contributed by atoms with Gasteiger partial charge in [0.15, 0.2) is 0 Å². The van der Waals surface area contributed by atoms with Crippen LogP contribution in [0.2, 0.25) is 5.02 Å². The Morgan fingerprint density at radius 1 is 1.19 bits per heavy atom. The van der Waals surface area contributed by atoms with E-state index in [1.165, 1.54) is 6.07 Å². The van der Waals surface area contributed by atoms with E-state index in [0.29, 0.717) is 16.3 Å². The van der Waals surface area contributed by atoms with Crippen LogP contribution in [0.25, 0.3) is 0 Å². The van der Waals surface area contributed by atoms with Crippen LogP contribution >= 0.6 is 11.6 Å². The Bertz CT molecular complexity index is 704. The molecule has 0 aromatic heterocycles. The summed E-state index contributed by atoms with van der Waals surface area (Å²) in [6, 6.07) is 10.6. The summed E-state index contributed by atoms with van der Waals surface area (Å²) in [6.07, 6.45) is 0. The number of halogens is 1. The summed E-state index contributed by atoms with van der Waals surface area (Å²) in [5.74, 6) is 0. The minimum atomic E-state index is -0.574. The normalized spacial score (nSPS) is 10.0. The van der Waals surface area contributed by atoms with Gasteiger partial charge in [-0.25, -0.2) is 4.79 Å². The Balaban J connectivity index is 2.18. The summed E-state index contributed by atoms with van der Waals surface area (Å²) < 4.78 is 0. The van der Waals surface area contributed by atoms with Crippen molar-refractivity contribution in [3.8, 4) is 0 Å². The molecule has 2 aromatic rings. The zero-order valence-electron chi connectivity index (χ0n) is 11.1. The first-order valence-corrected chi connectivity index (χ1v) is 6.43. The molecule has 0 bridgehead atoms. The van der Waals surface area contributed by atoms with Gasteiger partial charge in [-0.05, 0) is 30.7 Å². The number of nitrogens with zero attached hydrogens (tertiary/aromatic N) is 1. The second-order valence-corrected chi connectivity index (χ2v) is 4.75. The van der Waals surface area contributed by atoms with Gasteiger partial charge in [-0.1, -0.05) is 29.8 Å². The van der Waals surface area contributed by atoms with Gasteiger partial charge in [0.2, 0.25) is 0 Å². The average Bonchev–Trinajstić information content (AvgIpc) is 2.40. The van der Waals surface area contributed by atoms with Crippen LogP contribution in [0.3, 0.4) is 0 Å². The number of benzene rings is 2. The van der Waals surface area contributed by atoms with Gasteiger partial charge < -0.3 is 10.6 Å². The Morgan fingerprint density at radius 3 is 2.57 bits per heavy atom. The lowest BCUT2D eigenvalue weighted by Gasteiger charge is -2.10. The molecule has 2 N–H and O–H groups in total. The number of hydrogen-bond donors (Lipinski definition) is 2. The average molecular weight is 306 g/mol. The minimum absolute atomic E-state index is 0.156. The zero-order chi connectivity index (χ0) is 15.4. The maximum absolute atomic E-state index is 11.9. The van der Waals surface area contributed by atoms with Crippen LogP contribution in [0.15, 0.2) is 42.5 Å². The van der Waals surface area contributed by atoms with E-state index >= 15 is 0 Å². The zero-order valence-corrected chi connectivity index (χ0v) is 11.8. The summed E-state index contributed by atoms with van der Waals surface area (Å²) in [4.78, 5) is 22.4. The molecule has 0 aliphatic heterocycles. The molecular weight excluding hydrogens is 294 g/mol. The van der Waals surface area contributed by atoms with Crippen molar-refractivity contribution in [3.05, 3.63) is 63.2 Å². The number of nitrogens with one attached hydrogen (secondary N) is 2. The Hall–Kier alpha value is -2.60. The van der Waals surface area contributed by atoms with E-state index in [2.05, 4.69) is 10.6 Å². The molecule has 2 rings (SSSR count). The van der Waals surface area contributed by atoms with Crippen molar-refractivity contribution < 1.29 is 9.72 Å². The molecule has 0 heterocycles. The number of carbonyl (C=O) groups excluding carboxylic acids is 1. The van der Waals surface area contributed by atoms with Crippen molar-refractivity contribution in [1.29, 1.82) is 0 Å². The fraction of sp³-hybridized carbons (Fsp3) is 0.0714. The van der Waals surface area contributed by atoms with Crippen LogP contribution in [0.4, 0.5) is 21.9 Å². The van der Waals surface area contributed by atoms with Gasteiger partial charge in [0.25, 0.3) is 5.69 Å². The molecule has 0 saturated heterocycles. The number of nitro groups is 1. The van der Waals surface area contributed by atoms with Crippen LogP contribution in [0.5, 0.6) is 0 Å². The molecule has 6 nitrogen and oxygen atoms in total. The highest BCUT2D eigenvalue weighted by molar-refractivity contribution is 6.30. The van der Waals surface area contributed by atoms with Gasteiger partial charge in [-0.3, -0.25) is 10.1 Å². The van der Waals surface area contributed by atoms with Gasteiger partial charge in [0, 0.05) is 16.8 Å². The lowest BCUT2D eigenvalue weighted by atomic mass is 10.1. The number of nitro benzene ring substituents is 1. The maximum atomic E-state index is 11.9. The van der Waals surface area contributed by atoms with E-state index in [9.17, 15) is 14.9 Å². The molecule has 0 aliphatic carbocycles. The van der Waals surface area contributed by atoms with Crippen LogP contribution in [0.1, 0.15) is 5.56 Å². The standard InChI is InChI=1S/C14H12ClN3O3/c1-9-4-2-7-12(18(20)21)13(9)17-14(19)16-11-6-3-5-10(15)8-11/h2-8H,1H3,(H2,16,17,19). The molecule has 2 amide bonds. The molecule has 0 aliphatic rings. The summed E-state index contributed by atoms with van der Waals surface area (Å²) in [6.45, 7) is 1.68. The predicted molar refractivity (Wildman–Crippen MR) is 81.9 cm³/mol. The highest BCUT2D eigenvalue weighted by Crippen LogP contribution is 2.27. The summed E-state index contributed by atoms with van der Waals surface area (Å²) in [5.41, 5.74) is 1.11. The first-order chi connectivity index (χ1) is 9.97. The number of hydrogen-bond acceptors (Lipinski definition) is 3. The van der Waals surface area contributed by atoms with Crippen molar-refractivity contribution in [2.24, 2.45) is 0 Å². The van der Waals surface area contributed by atoms with Crippen molar-refractivity contribution >= 4 is 34.7 Å². The molecule has 0 spiro atoms. The quantitative estimate of drug-likeness (QED) is 0.658. The first kappa shape index (κ1) is 14.8. The summed E-state index contributed by atoms with van der Waals surface area (Å²) in [5, 5.41) is 16.5. The molecule has 2 aromatic carbocycles. The third kappa shape index (κ3) is 3.70. The molecule has 0 saturated carbocycles. The molecule has 0 unspecified atom stereocenters. The van der Waals surface area contributed by atoms with Crippen LogP contribution in [-0.4, -0.2) is 11.0 Å². The highest BCUT2D eigenvalue weighted by atomic mass is 35.5. The second-order valence-electron chi connectivity index (χ2n) is 4.32. The summed E-state index contributed by atoms with van der Waals surface area (Å²) >= 11 is 5.82. The SMILES string of the molecule is Cc1cccc([N+](=O)[O-])c1NC(=O)Nc1cccc(Cl)c1. The Morgan fingerprint density at radius 2 is 1.90 bits per heavy atom. The molecule has 21 heavy (non-hydrogen) atoms. The topological polar surface area (TPSA) is 84.3 Å². The van der Waals surface area contributed by atoms with Crippen LogP contribution in [-0.2, 0) is 0 Å². The van der Waals surface area contributed by atoms with Crippen molar-refractivity contribution in [2.45, 2.75) is 6.92 Å². The van der Waals surface area contributed by atoms with Crippen molar-refractivity contribution in [1.82, 2.24) is 0 Å². The number of urea groups is 1. The molecule has 7 heteroatoms. The van der Waals surface area contributed by atoms with Gasteiger partial charge >= 0.3 is 6.03 Å². The lowest BCUT2D eigenvalue weighted by Crippen LogP contribution is -2.20. The number of rotatable bonds is 3. The smallest absolute Gasteiger partial charge is 0.308 e. The second kappa shape index (κ2) is 6.23. The largest absolute Gasteiger partial charge is 0.323 e. The highest BCUT2D eigenvalue weighted by Gasteiger charge is 2.17. The number of carbonyl (C=O) groups is 1. The first-order valence-electron chi connectivity index (χ1n) is 6.05. The Kier molecular flexibility index (Phi) is 4.39. The van der Waals surface area contributed by atoms with E-state index in [1.807, 2.05) is 0 Å². The number of aryl methyl sites for hydroxylation is 1. The van der Waals surface area contributed by atoms with Crippen molar-refractivity contribution in [3.63, 3.8) is 0 Å². The molecule has 0 atom stereocenters. The molecule has 0 fully saturated rings. The predicted octanol–water partition coefficient (Wildman–Crippen LogP) is 4.20. The lowest BCUT2D eigenvalue weighted by molar-refractivity contribution is -0.383. The van der Waals surface area contributed by atoms with E-state index in [0.717, 1.165) is 0 Å². The number of anilines is 2. The molecule has 0 radical (unpaired) electrons. The van der Waals surface area contributed by atoms with Gasteiger partial charge in [-0.15, -0.1) is 0 Å². The monoisotopic (exact) mass is 305 g/mol. The Labute approximate surface area is 125 Å². The minimum Gasteiger partial charge on any atom is -0.308 e.